The first-order chi connectivity index (χ1) is 29.7. The zero-order valence-electron chi connectivity index (χ0n) is 32.5. The highest BCUT2D eigenvalue weighted by Gasteiger charge is 2.51. The molecule has 0 bridgehead atoms. The Bertz CT molecular complexity index is 3250. The van der Waals surface area contributed by atoms with E-state index in [0.717, 1.165) is 78.5 Å². The van der Waals surface area contributed by atoms with Crippen molar-refractivity contribution in [3.63, 3.8) is 0 Å². The van der Waals surface area contributed by atoms with Gasteiger partial charge in [-0.15, -0.1) is 0 Å². The van der Waals surface area contributed by atoms with Crippen molar-refractivity contribution in [2.45, 2.75) is 5.41 Å². The lowest BCUT2D eigenvalue weighted by Crippen LogP contribution is -2.32. The molecule has 0 saturated carbocycles. The molecule has 0 N–H and O–H groups in total. The monoisotopic (exact) mass is 765 g/mol. The van der Waals surface area contributed by atoms with Gasteiger partial charge >= 0.3 is 0 Å². The maximum Gasteiger partial charge on any atom is 0.160 e. The standard InChI is InChI=1S/C56H35N3O/c1-2-15-39(16-3-1)53-42(21-13-33-57-53)37-28-30-38(31-29-37)50-35-51(59-55(58-50)41-32-27-36-14-4-5-17-40(36)34-41)45-20-12-25-49-54(45)60-52-26-11-10-24-48(52)56(49)46-22-8-6-18-43(46)44-19-7-9-23-47(44)56/h1-35H. The molecule has 3 heterocycles. The molecule has 2 aliphatic rings. The molecular formula is C56H35N3O. The highest BCUT2D eigenvalue weighted by Crippen LogP contribution is 2.63. The van der Waals surface area contributed by atoms with Crippen molar-refractivity contribution in [2.24, 2.45) is 0 Å². The van der Waals surface area contributed by atoms with E-state index >= 15 is 0 Å². The van der Waals surface area contributed by atoms with Crippen LogP contribution in [0.15, 0.2) is 212 Å². The molecule has 0 saturated heterocycles. The van der Waals surface area contributed by atoms with E-state index in [2.05, 4.69) is 194 Å². The van der Waals surface area contributed by atoms with E-state index in [9.17, 15) is 0 Å². The van der Waals surface area contributed by atoms with Crippen molar-refractivity contribution >= 4 is 10.8 Å². The largest absolute Gasteiger partial charge is 0.456 e. The Morgan fingerprint density at radius 2 is 0.967 bits per heavy atom. The summed E-state index contributed by atoms with van der Waals surface area (Å²) in [6, 6.07) is 72.8. The summed E-state index contributed by atoms with van der Waals surface area (Å²) < 4.78 is 7.07. The summed E-state index contributed by atoms with van der Waals surface area (Å²) in [6.45, 7) is 0. The fraction of sp³-hybridized carbons (Fsp3) is 0.0179. The zero-order chi connectivity index (χ0) is 39.6. The van der Waals surface area contributed by atoms with Gasteiger partial charge in [-0.1, -0.05) is 176 Å². The Kier molecular flexibility index (Phi) is 7.72. The van der Waals surface area contributed by atoms with Gasteiger partial charge in [-0.05, 0) is 68.9 Å². The van der Waals surface area contributed by atoms with Crippen LogP contribution >= 0.6 is 0 Å². The number of benzene rings is 8. The molecule has 2 aromatic heterocycles. The van der Waals surface area contributed by atoms with Gasteiger partial charge in [0.25, 0.3) is 0 Å². The number of pyridine rings is 1. The van der Waals surface area contributed by atoms with Gasteiger partial charge in [0.05, 0.1) is 22.5 Å². The third-order valence-electron chi connectivity index (χ3n) is 12.2. The predicted molar refractivity (Wildman–Crippen MR) is 242 cm³/mol. The SMILES string of the molecule is c1ccc(-c2ncccc2-c2ccc(-c3cc(-c4cccc5c4Oc4ccccc4C54c5ccccc5-c5ccccc54)nc(-c4ccc5ccccc5c4)n3)cc2)cc1. The van der Waals surface area contributed by atoms with Crippen LogP contribution in [-0.4, -0.2) is 15.0 Å². The van der Waals surface area contributed by atoms with Crippen LogP contribution in [-0.2, 0) is 5.41 Å². The first-order valence-corrected chi connectivity index (χ1v) is 20.3. The zero-order valence-corrected chi connectivity index (χ0v) is 32.5. The van der Waals surface area contributed by atoms with Crippen LogP contribution < -0.4 is 4.74 Å². The molecule has 0 atom stereocenters. The van der Waals surface area contributed by atoms with Crippen molar-refractivity contribution < 1.29 is 4.74 Å². The quantitative estimate of drug-likeness (QED) is 0.175. The topological polar surface area (TPSA) is 47.9 Å². The fourth-order valence-corrected chi connectivity index (χ4v) is 9.56. The summed E-state index contributed by atoms with van der Waals surface area (Å²) in [5.41, 5.74) is 15.3. The molecule has 10 aromatic rings. The second kappa shape index (κ2) is 13.6. The Balaban J connectivity index is 1.06. The summed E-state index contributed by atoms with van der Waals surface area (Å²) in [6.07, 6.45) is 1.85. The van der Waals surface area contributed by atoms with Gasteiger partial charge in [0.1, 0.15) is 11.5 Å². The summed E-state index contributed by atoms with van der Waals surface area (Å²) in [4.78, 5) is 15.5. The van der Waals surface area contributed by atoms with Crippen LogP contribution in [0.4, 0.5) is 0 Å². The molecule has 1 aliphatic carbocycles. The van der Waals surface area contributed by atoms with E-state index in [1.165, 1.54) is 27.6 Å². The van der Waals surface area contributed by atoms with Crippen LogP contribution in [0.25, 0.3) is 78.2 Å². The molecule has 4 heteroatoms. The van der Waals surface area contributed by atoms with E-state index in [4.69, 9.17) is 19.7 Å². The molecule has 0 radical (unpaired) electrons. The lowest BCUT2D eigenvalue weighted by Gasteiger charge is -2.40. The number of rotatable bonds is 5. The van der Waals surface area contributed by atoms with Crippen LogP contribution in [0.2, 0.25) is 0 Å². The van der Waals surface area contributed by atoms with Gasteiger partial charge in [-0.3, -0.25) is 4.98 Å². The number of para-hydroxylation sites is 2. The van der Waals surface area contributed by atoms with Gasteiger partial charge < -0.3 is 4.74 Å². The third-order valence-corrected chi connectivity index (χ3v) is 12.2. The number of fused-ring (bicyclic) bond motifs is 10. The normalized spacial score (nSPS) is 12.9. The minimum absolute atomic E-state index is 0.578. The van der Waals surface area contributed by atoms with E-state index in [1.807, 2.05) is 18.3 Å². The number of hydrogen-bond acceptors (Lipinski definition) is 4. The molecular weight excluding hydrogens is 731 g/mol. The average Bonchev–Trinajstić information content (AvgIpc) is 3.62. The number of nitrogens with zero attached hydrogens (tertiary/aromatic N) is 3. The molecule has 1 spiro atoms. The molecule has 0 fully saturated rings. The summed E-state index contributed by atoms with van der Waals surface area (Å²) >= 11 is 0. The lowest BCUT2D eigenvalue weighted by atomic mass is 9.65. The van der Waals surface area contributed by atoms with Gasteiger partial charge in [0.15, 0.2) is 5.82 Å². The average molecular weight is 766 g/mol. The van der Waals surface area contributed by atoms with Crippen molar-refractivity contribution in [3.8, 4) is 78.9 Å². The maximum atomic E-state index is 7.07. The summed E-state index contributed by atoms with van der Waals surface area (Å²) in [5, 5.41) is 2.31. The lowest BCUT2D eigenvalue weighted by molar-refractivity contribution is 0.438. The molecule has 280 valence electrons. The smallest absolute Gasteiger partial charge is 0.160 e. The highest BCUT2D eigenvalue weighted by atomic mass is 16.5. The van der Waals surface area contributed by atoms with E-state index in [0.29, 0.717) is 5.82 Å². The van der Waals surface area contributed by atoms with Crippen molar-refractivity contribution in [2.75, 3.05) is 0 Å². The molecule has 1 aliphatic heterocycles. The Labute approximate surface area is 348 Å². The Hall–Kier alpha value is -7.95. The molecule has 12 rings (SSSR count). The van der Waals surface area contributed by atoms with Crippen LogP contribution in [0, 0.1) is 0 Å². The van der Waals surface area contributed by atoms with Crippen LogP contribution in [0.3, 0.4) is 0 Å². The van der Waals surface area contributed by atoms with Crippen molar-refractivity contribution in [3.05, 3.63) is 235 Å². The third kappa shape index (κ3) is 5.21. The van der Waals surface area contributed by atoms with Crippen molar-refractivity contribution in [1.82, 2.24) is 15.0 Å². The second-order valence-corrected chi connectivity index (χ2v) is 15.5. The minimum atomic E-state index is -0.578. The fourth-order valence-electron chi connectivity index (χ4n) is 9.56. The first kappa shape index (κ1) is 34.1. The minimum Gasteiger partial charge on any atom is -0.456 e. The summed E-state index contributed by atoms with van der Waals surface area (Å²) in [7, 11) is 0. The van der Waals surface area contributed by atoms with Gasteiger partial charge in [0, 0.05) is 45.1 Å². The summed E-state index contributed by atoms with van der Waals surface area (Å²) in [5.74, 6) is 2.29. The maximum absolute atomic E-state index is 7.07. The van der Waals surface area contributed by atoms with E-state index < -0.39 is 5.41 Å². The molecule has 4 nitrogen and oxygen atoms in total. The van der Waals surface area contributed by atoms with Gasteiger partial charge in [-0.2, -0.15) is 0 Å². The second-order valence-electron chi connectivity index (χ2n) is 15.5. The number of aromatic nitrogens is 3. The first-order valence-electron chi connectivity index (χ1n) is 20.3. The highest BCUT2D eigenvalue weighted by molar-refractivity contribution is 5.91. The number of hydrogen-bond donors (Lipinski definition) is 0. The Morgan fingerprint density at radius 1 is 0.367 bits per heavy atom. The van der Waals surface area contributed by atoms with Crippen LogP contribution in [0.1, 0.15) is 22.3 Å². The van der Waals surface area contributed by atoms with Crippen molar-refractivity contribution in [1.29, 1.82) is 0 Å². The molecule has 0 amide bonds. The van der Waals surface area contributed by atoms with Crippen LogP contribution in [0.5, 0.6) is 11.5 Å². The molecule has 0 unspecified atom stereocenters. The van der Waals surface area contributed by atoms with Gasteiger partial charge in [-0.25, -0.2) is 9.97 Å². The Morgan fingerprint density at radius 3 is 1.77 bits per heavy atom. The van der Waals surface area contributed by atoms with E-state index in [1.54, 1.807) is 0 Å². The number of ether oxygens (including phenoxy) is 1. The van der Waals surface area contributed by atoms with Gasteiger partial charge in [0.2, 0.25) is 0 Å². The van der Waals surface area contributed by atoms with E-state index in [-0.39, 0.29) is 0 Å². The molecule has 8 aromatic carbocycles. The predicted octanol–water partition coefficient (Wildman–Crippen LogP) is 13.8. The molecule has 60 heavy (non-hydrogen) atoms.